The van der Waals surface area contributed by atoms with E-state index in [0.29, 0.717) is 18.1 Å². The SMILES string of the molecule is COc1cc(CO)cc(Br)c1OCC(C)CO. The van der Waals surface area contributed by atoms with Crippen molar-refractivity contribution in [3.05, 3.63) is 22.2 Å². The van der Waals surface area contributed by atoms with Crippen molar-refractivity contribution < 1.29 is 19.7 Å². The fourth-order valence-electron chi connectivity index (χ4n) is 1.28. The van der Waals surface area contributed by atoms with E-state index in [4.69, 9.17) is 19.7 Å². The Kier molecular flexibility index (Phi) is 5.74. The Hall–Kier alpha value is -0.780. The van der Waals surface area contributed by atoms with E-state index in [9.17, 15) is 0 Å². The summed E-state index contributed by atoms with van der Waals surface area (Å²) >= 11 is 3.37. The van der Waals surface area contributed by atoms with E-state index in [-0.39, 0.29) is 19.1 Å². The average molecular weight is 305 g/mol. The Morgan fingerprint density at radius 2 is 2.06 bits per heavy atom. The smallest absolute Gasteiger partial charge is 0.175 e. The van der Waals surface area contributed by atoms with Gasteiger partial charge in [-0.25, -0.2) is 0 Å². The molecule has 1 unspecified atom stereocenters. The standard InChI is InChI=1S/C12H17BrO4/c1-8(5-14)7-17-12-10(13)3-9(6-15)4-11(12)16-2/h3-4,8,14-15H,5-7H2,1-2H3. The van der Waals surface area contributed by atoms with Gasteiger partial charge in [-0.1, -0.05) is 6.92 Å². The van der Waals surface area contributed by atoms with Crippen LogP contribution in [0.25, 0.3) is 0 Å². The number of hydrogen-bond acceptors (Lipinski definition) is 4. The molecule has 96 valence electrons. The number of aliphatic hydroxyl groups is 2. The third-order valence-electron chi connectivity index (χ3n) is 2.30. The van der Waals surface area contributed by atoms with Crippen LogP contribution in [0.2, 0.25) is 0 Å². The topological polar surface area (TPSA) is 58.9 Å². The Morgan fingerprint density at radius 3 is 2.59 bits per heavy atom. The number of benzene rings is 1. The van der Waals surface area contributed by atoms with Crippen molar-refractivity contribution in [1.82, 2.24) is 0 Å². The second kappa shape index (κ2) is 6.83. The predicted molar refractivity (Wildman–Crippen MR) is 68.4 cm³/mol. The van der Waals surface area contributed by atoms with Gasteiger partial charge < -0.3 is 19.7 Å². The zero-order valence-corrected chi connectivity index (χ0v) is 11.5. The highest BCUT2D eigenvalue weighted by Gasteiger charge is 2.12. The van der Waals surface area contributed by atoms with Gasteiger partial charge in [-0.05, 0) is 33.6 Å². The van der Waals surface area contributed by atoms with Crippen molar-refractivity contribution >= 4 is 15.9 Å². The molecule has 0 saturated heterocycles. The number of methoxy groups -OCH3 is 1. The highest BCUT2D eigenvalue weighted by Crippen LogP contribution is 2.36. The van der Waals surface area contributed by atoms with Crippen LogP contribution in [-0.2, 0) is 6.61 Å². The monoisotopic (exact) mass is 304 g/mol. The highest BCUT2D eigenvalue weighted by molar-refractivity contribution is 9.10. The second-order valence-electron chi connectivity index (χ2n) is 3.87. The molecule has 1 aromatic carbocycles. The van der Waals surface area contributed by atoms with Gasteiger partial charge >= 0.3 is 0 Å². The van der Waals surface area contributed by atoms with Crippen molar-refractivity contribution in [2.24, 2.45) is 5.92 Å². The molecule has 17 heavy (non-hydrogen) atoms. The fraction of sp³-hybridized carbons (Fsp3) is 0.500. The van der Waals surface area contributed by atoms with Gasteiger partial charge in [-0.2, -0.15) is 0 Å². The summed E-state index contributed by atoms with van der Waals surface area (Å²) in [5.74, 6) is 1.21. The van der Waals surface area contributed by atoms with Crippen molar-refractivity contribution in [3.63, 3.8) is 0 Å². The number of aliphatic hydroxyl groups excluding tert-OH is 2. The first-order valence-corrected chi connectivity index (χ1v) is 6.12. The van der Waals surface area contributed by atoms with Crippen LogP contribution in [0.4, 0.5) is 0 Å². The first-order chi connectivity index (χ1) is 8.12. The van der Waals surface area contributed by atoms with E-state index in [0.717, 1.165) is 10.0 Å². The Morgan fingerprint density at radius 1 is 1.35 bits per heavy atom. The molecule has 0 bridgehead atoms. The second-order valence-corrected chi connectivity index (χ2v) is 4.72. The number of halogens is 1. The first-order valence-electron chi connectivity index (χ1n) is 5.33. The minimum atomic E-state index is -0.0533. The lowest BCUT2D eigenvalue weighted by molar-refractivity contribution is 0.170. The van der Waals surface area contributed by atoms with Crippen LogP contribution in [0.15, 0.2) is 16.6 Å². The lowest BCUT2D eigenvalue weighted by Gasteiger charge is -2.15. The van der Waals surface area contributed by atoms with E-state index >= 15 is 0 Å². The predicted octanol–water partition coefficient (Wildman–Crippen LogP) is 1.96. The van der Waals surface area contributed by atoms with Crippen molar-refractivity contribution in [2.45, 2.75) is 13.5 Å². The maximum Gasteiger partial charge on any atom is 0.175 e. The van der Waals surface area contributed by atoms with Crippen LogP contribution in [-0.4, -0.2) is 30.5 Å². The summed E-state index contributed by atoms with van der Waals surface area (Å²) in [4.78, 5) is 0. The zero-order chi connectivity index (χ0) is 12.8. The van der Waals surface area contributed by atoms with Gasteiger partial charge in [-0.15, -0.1) is 0 Å². The third-order valence-corrected chi connectivity index (χ3v) is 2.88. The zero-order valence-electron chi connectivity index (χ0n) is 9.94. The quantitative estimate of drug-likeness (QED) is 0.843. The van der Waals surface area contributed by atoms with Crippen LogP contribution < -0.4 is 9.47 Å². The summed E-state index contributed by atoms with van der Waals surface area (Å²) in [7, 11) is 1.55. The Balaban J connectivity index is 2.89. The van der Waals surface area contributed by atoms with Gasteiger partial charge in [0.25, 0.3) is 0 Å². The van der Waals surface area contributed by atoms with Crippen LogP contribution in [0.5, 0.6) is 11.5 Å². The average Bonchev–Trinajstić information content (AvgIpc) is 2.35. The van der Waals surface area contributed by atoms with Crippen molar-refractivity contribution in [3.8, 4) is 11.5 Å². The molecule has 0 aliphatic heterocycles. The molecule has 0 amide bonds. The van der Waals surface area contributed by atoms with Gasteiger partial charge in [0.1, 0.15) is 0 Å². The van der Waals surface area contributed by atoms with Gasteiger partial charge in [0.2, 0.25) is 0 Å². The van der Waals surface area contributed by atoms with Gasteiger partial charge in [-0.3, -0.25) is 0 Å². The summed E-state index contributed by atoms with van der Waals surface area (Å²) in [6.45, 7) is 2.32. The normalized spacial score (nSPS) is 12.3. The molecular weight excluding hydrogens is 288 g/mol. The summed E-state index contributed by atoms with van der Waals surface area (Å²) in [5, 5.41) is 18.0. The summed E-state index contributed by atoms with van der Waals surface area (Å²) in [6.07, 6.45) is 0. The van der Waals surface area contributed by atoms with E-state index < -0.39 is 0 Å². The van der Waals surface area contributed by atoms with Gasteiger partial charge in [0, 0.05) is 12.5 Å². The summed E-state index contributed by atoms with van der Waals surface area (Å²) in [6, 6.07) is 3.51. The molecule has 0 aliphatic rings. The maximum absolute atomic E-state index is 9.08. The summed E-state index contributed by atoms with van der Waals surface area (Å²) in [5.41, 5.74) is 0.747. The lowest BCUT2D eigenvalue weighted by atomic mass is 10.2. The van der Waals surface area contributed by atoms with Crippen LogP contribution in [0, 0.1) is 5.92 Å². The highest BCUT2D eigenvalue weighted by atomic mass is 79.9. The molecule has 0 saturated carbocycles. The molecule has 0 aliphatic carbocycles. The van der Waals surface area contributed by atoms with Crippen LogP contribution >= 0.6 is 15.9 Å². The van der Waals surface area contributed by atoms with Crippen LogP contribution in [0.3, 0.4) is 0 Å². The minimum Gasteiger partial charge on any atom is -0.493 e. The number of ether oxygens (including phenoxy) is 2. The third kappa shape index (κ3) is 3.87. The molecule has 0 heterocycles. The number of hydrogen-bond donors (Lipinski definition) is 2. The lowest BCUT2D eigenvalue weighted by Crippen LogP contribution is -2.13. The Labute approximate surface area is 109 Å². The molecule has 0 aromatic heterocycles. The molecule has 4 nitrogen and oxygen atoms in total. The Bertz CT molecular complexity index is 368. The largest absolute Gasteiger partial charge is 0.493 e. The molecule has 5 heteroatoms. The van der Waals surface area contributed by atoms with E-state index in [1.54, 1.807) is 19.2 Å². The summed E-state index contributed by atoms with van der Waals surface area (Å²) < 4.78 is 11.5. The van der Waals surface area contributed by atoms with Crippen molar-refractivity contribution in [1.29, 1.82) is 0 Å². The van der Waals surface area contributed by atoms with Crippen molar-refractivity contribution in [2.75, 3.05) is 20.3 Å². The van der Waals surface area contributed by atoms with E-state index in [2.05, 4.69) is 15.9 Å². The van der Waals surface area contributed by atoms with Gasteiger partial charge in [0.05, 0.1) is 24.8 Å². The molecule has 1 aromatic rings. The van der Waals surface area contributed by atoms with Crippen LogP contribution in [0.1, 0.15) is 12.5 Å². The minimum absolute atomic E-state index is 0.0533. The molecule has 0 spiro atoms. The first kappa shape index (κ1) is 14.3. The molecule has 0 fully saturated rings. The number of rotatable bonds is 6. The molecule has 1 atom stereocenters. The molecule has 2 N–H and O–H groups in total. The molecular formula is C12H17BrO4. The maximum atomic E-state index is 9.08. The molecule has 1 rings (SSSR count). The van der Waals surface area contributed by atoms with E-state index in [1.807, 2.05) is 6.92 Å². The molecule has 0 radical (unpaired) electrons. The van der Waals surface area contributed by atoms with Gasteiger partial charge in [0.15, 0.2) is 11.5 Å². The van der Waals surface area contributed by atoms with E-state index in [1.165, 1.54) is 0 Å². The fourth-order valence-corrected chi connectivity index (χ4v) is 1.89.